The first-order valence-electron chi connectivity index (χ1n) is 6.66. The molecule has 0 radical (unpaired) electrons. The summed E-state index contributed by atoms with van der Waals surface area (Å²) in [6.45, 7) is 2.60. The minimum Gasteiger partial charge on any atom is -0.435 e. The largest absolute Gasteiger partial charge is 0.508 e. The molecule has 0 N–H and O–H groups in total. The number of carbonyl (C=O) groups excluding carboxylic acids is 1. The van der Waals surface area contributed by atoms with E-state index in [0.717, 1.165) is 19.3 Å². The standard InChI is InChI=1S/C15H22O3/c1-2-17-15(16)18-13-9-4-3-6-10-14-11-7-5-8-12-14/h5,7-8,11-12H,2-4,6,9-10,13H2,1H3. The third kappa shape index (κ3) is 6.94. The van der Waals surface area contributed by atoms with Crippen LogP contribution in [0.15, 0.2) is 30.3 Å². The Morgan fingerprint density at radius 2 is 1.72 bits per heavy atom. The highest BCUT2D eigenvalue weighted by atomic mass is 16.7. The molecule has 0 heterocycles. The van der Waals surface area contributed by atoms with E-state index in [4.69, 9.17) is 4.74 Å². The second-order valence-corrected chi connectivity index (χ2v) is 4.18. The predicted octanol–water partition coefficient (Wildman–Crippen LogP) is 3.96. The Kier molecular flexibility index (Phi) is 7.69. The van der Waals surface area contributed by atoms with Gasteiger partial charge in [-0.3, -0.25) is 0 Å². The van der Waals surface area contributed by atoms with Crippen LogP contribution in [0.25, 0.3) is 0 Å². The molecule has 0 aliphatic carbocycles. The van der Waals surface area contributed by atoms with Crippen molar-refractivity contribution in [2.24, 2.45) is 0 Å². The molecule has 0 unspecified atom stereocenters. The first-order chi connectivity index (χ1) is 8.83. The van der Waals surface area contributed by atoms with Crippen LogP contribution in [-0.4, -0.2) is 19.4 Å². The van der Waals surface area contributed by atoms with Crippen LogP contribution < -0.4 is 0 Å². The van der Waals surface area contributed by atoms with E-state index < -0.39 is 6.16 Å². The van der Waals surface area contributed by atoms with Crippen LogP contribution in [0.2, 0.25) is 0 Å². The number of hydrogen-bond donors (Lipinski definition) is 0. The summed E-state index contributed by atoms with van der Waals surface area (Å²) >= 11 is 0. The minimum atomic E-state index is -0.554. The van der Waals surface area contributed by atoms with Gasteiger partial charge in [0.05, 0.1) is 13.2 Å². The van der Waals surface area contributed by atoms with Crippen molar-refractivity contribution in [3.05, 3.63) is 35.9 Å². The monoisotopic (exact) mass is 250 g/mol. The molecule has 0 atom stereocenters. The van der Waals surface area contributed by atoms with Crippen molar-refractivity contribution in [2.75, 3.05) is 13.2 Å². The molecule has 0 aliphatic heterocycles. The summed E-state index contributed by atoms with van der Waals surface area (Å²) in [7, 11) is 0. The molecular formula is C15H22O3. The van der Waals surface area contributed by atoms with Crippen molar-refractivity contribution in [3.63, 3.8) is 0 Å². The summed E-state index contributed by atoms with van der Waals surface area (Å²) in [5.41, 5.74) is 1.39. The minimum absolute atomic E-state index is 0.371. The SMILES string of the molecule is CCOC(=O)OCCCCCCc1ccccc1. The van der Waals surface area contributed by atoms with Gasteiger partial charge in [-0.05, 0) is 31.7 Å². The molecular weight excluding hydrogens is 228 g/mol. The van der Waals surface area contributed by atoms with Gasteiger partial charge in [-0.1, -0.05) is 43.2 Å². The Labute approximate surface area is 109 Å². The molecule has 1 aromatic rings. The molecule has 0 saturated heterocycles. The van der Waals surface area contributed by atoms with Crippen molar-refractivity contribution in [1.82, 2.24) is 0 Å². The van der Waals surface area contributed by atoms with Crippen LogP contribution >= 0.6 is 0 Å². The molecule has 0 bridgehead atoms. The van der Waals surface area contributed by atoms with E-state index in [1.54, 1.807) is 6.92 Å². The summed E-state index contributed by atoms with van der Waals surface area (Å²) in [4.78, 5) is 10.9. The molecule has 0 aliphatic rings. The third-order valence-electron chi connectivity index (χ3n) is 2.68. The molecule has 0 fully saturated rings. The van der Waals surface area contributed by atoms with E-state index in [0.29, 0.717) is 13.2 Å². The molecule has 1 rings (SSSR count). The second kappa shape index (κ2) is 9.51. The van der Waals surface area contributed by atoms with Crippen molar-refractivity contribution in [2.45, 2.75) is 39.0 Å². The van der Waals surface area contributed by atoms with Gasteiger partial charge in [0.2, 0.25) is 0 Å². The van der Waals surface area contributed by atoms with Crippen LogP contribution in [0, 0.1) is 0 Å². The summed E-state index contributed by atoms with van der Waals surface area (Å²) in [5, 5.41) is 0. The number of hydrogen-bond acceptors (Lipinski definition) is 3. The molecule has 3 heteroatoms. The molecule has 18 heavy (non-hydrogen) atoms. The summed E-state index contributed by atoms with van der Waals surface area (Å²) in [5.74, 6) is 0. The fourth-order valence-electron chi connectivity index (χ4n) is 1.74. The van der Waals surface area contributed by atoms with Crippen LogP contribution in [0.5, 0.6) is 0 Å². The van der Waals surface area contributed by atoms with Gasteiger partial charge < -0.3 is 9.47 Å². The van der Waals surface area contributed by atoms with Gasteiger partial charge in [0.25, 0.3) is 0 Å². The zero-order chi connectivity index (χ0) is 13.1. The van der Waals surface area contributed by atoms with Crippen LogP contribution in [-0.2, 0) is 15.9 Å². The highest BCUT2D eigenvalue weighted by molar-refractivity contribution is 5.59. The topological polar surface area (TPSA) is 35.5 Å². The van der Waals surface area contributed by atoms with E-state index in [1.165, 1.54) is 18.4 Å². The molecule has 0 saturated carbocycles. The lowest BCUT2D eigenvalue weighted by atomic mass is 10.1. The first kappa shape index (κ1) is 14.6. The average Bonchev–Trinajstić information content (AvgIpc) is 2.39. The zero-order valence-electron chi connectivity index (χ0n) is 11.1. The van der Waals surface area contributed by atoms with Crippen LogP contribution in [0.3, 0.4) is 0 Å². The Morgan fingerprint density at radius 1 is 1.00 bits per heavy atom. The van der Waals surface area contributed by atoms with Gasteiger partial charge in [0.1, 0.15) is 0 Å². The van der Waals surface area contributed by atoms with Gasteiger partial charge in [-0.25, -0.2) is 4.79 Å². The smallest absolute Gasteiger partial charge is 0.435 e. The number of benzene rings is 1. The number of aryl methyl sites for hydroxylation is 1. The Hall–Kier alpha value is -1.51. The molecule has 3 nitrogen and oxygen atoms in total. The van der Waals surface area contributed by atoms with Crippen molar-refractivity contribution in [3.8, 4) is 0 Å². The van der Waals surface area contributed by atoms with Gasteiger partial charge in [-0.15, -0.1) is 0 Å². The fourth-order valence-corrected chi connectivity index (χ4v) is 1.74. The fraction of sp³-hybridized carbons (Fsp3) is 0.533. The van der Waals surface area contributed by atoms with Crippen molar-refractivity contribution >= 4 is 6.16 Å². The van der Waals surface area contributed by atoms with E-state index >= 15 is 0 Å². The quantitative estimate of drug-likeness (QED) is 0.517. The first-order valence-corrected chi connectivity index (χ1v) is 6.66. The molecule has 0 spiro atoms. The zero-order valence-corrected chi connectivity index (χ0v) is 11.1. The number of carbonyl (C=O) groups is 1. The Morgan fingerprint density at radius 3 is 2.44 bits per heavy atom. The molecule has 0 amide bonds. The van der Waals surface area contributed by atoms with E-state index in [-0.39, 0.29) is 0 Å². The number of unbranched alkanes of at least 4 members (excludes halogenated alkanes) is 3. The van der Waals surface area contributed by atoms with Gasteiger partial charge in [0, 0.05) is 0 Å². The molecule has 1 aromatic carbocycles. The number of rotatable bonds is 8. The Balaban J connectivity index is 1.92. The maximum absolute atomic E-state index is 10.9. The number of ether oxygens (including phenoxy) is 2. The van der Waals surface area contributed by atoms with Gasteiger partial charge in [-0.2, -0.15) is 0 Å². The maximum atomic E-state index is 10.9. The highest BCUT2D eigenvalue weighted by Gasteiger charge is 2.00. The summed E-state index contributed by atoms with van der Waals surface area (Å²) in [6, 6.07) is 10.5. The van der Waals surface area contributed by atoms with Gasteiger partial charge in [0.15, 0.2) is 0 Å². The maximum Gasteiger partial charge on any atom is 0.508 e. The average molecular weight is 250 g/mol. The highest BCUT2D eigenvalue weighted by Crippen LogP contribution is 2.07. The third-order valence-corrected chi connectivity index (χ3v) is 2.68. The lowest BCUT2D eigenvalue weighted by molar-refractivity contribution is 0.0578. The molecule has 100 valence electrons. The summed E-state index contributed by atoms with van der Waals surface area (Å²) < 4.78 is 9.55. The predicted molar refractivity (Wildman–Crippen MR) is 71.6 cm³/mol. The normalized spacial score (nSPS) is 10.1. The summed E-state index contributed by atoms with van der Waals surface area (Å²) in [6.07, 6.45) is 4.92. The molecule has 0 aromatic heterocycles. The van der Waals surface area contributed by atoms with Crippen LogP contribution in [0.4, 0.5) is 4.79 Å². The lowest BCUT2D eigenvalue weighted by Gasteiger charge is -2.04. The van der Waals surface area contributed by atoms with E-state index in [1.807, 2.05) is 6.07 Å². The Bertz CT molecular complexity index is 322. The van der Waals surface area contributed by atoms with Crippen molar-refractivity contribution in [1.29, 1.82) is 0 Å². The van der Waals surface area contributed by atoms with E-state index in [9.17, 15) is 4.79 Å². The lowest BCUT2D eigenvalue weighted by Crippen LogP contribution is -2.07. The van der Waals surface area contributed by atoms with Gasteiger partial charge >= 0.3 is 6.16 Å². The second-order valence-electron chi connectivity index (χ2n) is 4.18. The van der Waals surface area contributed by atoms with Crippen molar-refractivity contribution < 1.29 is 14.3 Å². The van der Waals surface area contributed by atoms with E-state index in [2.05, 4.69) is 29.0 Å². The van der Waals surface area contributed by atoms with Crippen LogP contribution in [0.1, 0.15) is 38.2 Å².